The topological polar surface area (TPSA) is 136 Å². The average Bonchev–Trinajstić information content (AvgIpc) is 3.40. The summed E-state index contributed by atoms with van der Waals surface area (Å²) in [7, 11) is 0. The number of nitrogens with one attached hydrogen (secondary N) is 2. The number of ether oxygens (including phenoxy) is 1. The fourth-order valence-corrected chi connectivity index (χ4v) is 5.83. The molecule has 0 spiro atoms. The van der Waals surface area contributed by atoms with E-state index in [-0.39, 0.29) is 12.5 Å². The Hall–Kier alpha value is -2.41. The summed E-state index contributed by atoms with van der Waals surface area (Å²) < 4.78 is 6.48. The Kier molecular flexibility index (Phi) is 7.42. The fourth-order valence-electron chi connectivity index (χ4n) is 4.77. The molecule has 5 N–H and O–H groups in total. The number of aryl methyl sites for hydroxylation is 1. The zero-order valence-corrected chi connectivity index (χ0v) is 20.5. The van der Waals surface area contributed by atoms with Crippen LogP contribution in [0.5, 0.6) is 0 Å². The fraction of sp³-hybridized carbons (Fsp3) is 0.542. The monoisotopic (exact) mass is 500 g/mol. The number of aromatic nitrogens is 3. The van der Waals surface area contributed by atoms with Gasteiger partial charge >= 0.3 is 0 Å². The number of thiazole rings is 1. The van der Waals surface area contributed by atoms with Crippen molar-refractivity contribution in [3.05, 3.63) is 30.0 Å². The van der Waals surface area contributed by atoms with Gasteiger partial charge in [-0.15, -0.1) is 11.3 Å². The van der Waals surface area contributed by atoms with E-state index in [2.05, 4.69) is 15.5 Å². The standard InChI is InChI=1S/C24H32N6O4S/c1-14-19(23-28-16-4-2-3-5-18(16)35-23)22(27-17-12-15(13-31)20(32)21(17)33)29-24(26-14)25-6-7-30-8-10-34-11-9-30/h2-5,15,17,20-21,31-33H,6-13H2,1H3,(H2,25,26,27,29). The number of hydrogen-bond acceptors (Lipinski definition) is 11. The molecule has 10 nitrogen and oxygen atoms in total. The highest BCUT2D eigenvalue weighted by atomic mass is 32.1. The van der Waals surface area contributed by atoms with Gasteiger partial charge in [-0.1, -0.05) is 12.1 Å². The van der Waals surface area contributed by atoms with Crippen molar-refractivity contribution in [1.29, 1.82) is 0 Å². The van der Waals surface area contributed by atoms with Gasteiger partial charge in [0, 0.05) is 38.7 Å². The molecular formula is C24H32N6O4S. The van der Waals surface area contributed by atoms with Crippen LogP contribution in [0.1, 0.15) is 12.1 Å². The van der Waals surface area contributed by atoms with Crippen molar-refractivity contribution in [2.75, 3.05) is 56.6 Å². The number of aliphatic hydroxyl groups is 3. The first-order chi connectivity index (χ1) is 17.0. The molecule has 35 heavy (non-hydrogen) atoms. The van der Waals surface area contributed by atoms with Crippen LogP contribution in [0.3, 0.4) is 0 Å². The number of anilines is 2. The molecule has 0 radical (unpaired) electrons. The minimum atomic E-state index is -1.01. The molecule has 3 heterocycles. The number of nitrogens with zero attached hydrogens (tertiary/aromatic N) is 4. The summed E-state index contributed by atoms with van der Waals surface area (Å²) in [5, 5.41) is 38.0. The van der Waals surface area contributed by atoms with E-state index in [1.54, 1.807) is 11.3 Å². The third kappa shape index (κ3) is 5.25. The van der Waals surface area contributed by atoms with Crippen LogP contribution in [0.4, 0.5) is 11.8 Å². The molecule has 2 aliphatic rings. The molecule has 1 saturated carbocycles. The number of aliphatic hydroxyl groups excluding tert-OH is 3. The van der Waals surface area contributed by atoms with Crippen LogP contribution >= 0.6 is 11.3 Å². The second-order valence-electron chi connectivity index (χ2n) is 9.13. The van der Waals surface area contributed by atoms with Crippen molar-refractivity contribution in [2.24, 2.45) is 5.92 Å². The highest BCUT2D eigenvalue weighted by molar-refractivity contribution is 7.21. The van der Waals surface area contributed by atoms with Crippen LogP contribution in [-0.4, -0.2) is 99.4 Å². The van der Waals surface area contributed by atoms with E-state index in [4.69, 9.17) is 19.7 Å². The Labute approximate surface area is 208 Å². The molecule has 2 aromatic heterocycles. The van der Waals surface area contributed by atoms with Crippen molar-refractivity contribution >= 4 is 33.3 Å². The van der Waals surface area contributed by atoms with E-state index in [1.807, 2.05) is 31.2 Å². The van der Waals surface area contributed by atoms with Crippen LogP contribution in [0.25, 0.3) is 20.8 Å². The Morgan fingerprint density at radius 3 is 2.66 bits per heavy atom. The molecule has 4 unspecified atom stereocenters. The molecule has 1 aromatic carbocycles. The molecule has 11 heteroatoms. The Morgan fingerprint density at radius 2 is 1.91 bits per heavy atom. The zero-order chi connectivity index (χ0) is 24.4. The van der Waals surface area contributed by atoms with Crippen molar-refractivity contribution in [1.82, 2.24) is 19.9 Å². The van der Waals surface area contributed by atoms with Crippen molar-refractivity contribution in [3.8, 4) is 10.6 Å². The molecule has 3 aromatic rings. The molecule has 0 amide bonds. The molecular weight excluding hydrogens is 468 g/mol. The predicted octanol–water partition coefficient (Wildman–Crippen LogP) is 1.32. The maximum absolute atomic E-state index is 10.6. The Bertz CT molecular complexity index is 1120. The van der Waals surface area contributed by atoms with Gasteiger partial charge in [-0.3, -0.25) is 4.90 Å². The summed E-state index contributed by atoms with van der Waals surface area (Å²) in [5.74, 6) is 0.664. The summed E-state index contributed by atoms with van der Waals surface area (Å²) in [5.41, 5.74) is 2.45. The summed E-state index contributed by atoms with van der Waals surface area (Å²) >= 11 is 1.56. The van der Waals surface area contributed by atoms with Gasteiger partial charge in [-0.2, -0.15) is 4.98 Å². The predicted molar refractivity (Wildman–Crippen MR) is 136 cm³/mol. The zero-order valence-electron chi connectivity index (χ0n) is 19.7. The van der Waals surface area contributed by atoms with Crippen LogP contribution in [0.2, 0.25) is 0 Å². The van der Waals surface area contributed by atoms with E-state index in [9.17, 15) is 15.3 Å². The quantitative estimate of drug-likeness (QED) is 0.308. The first kappa shape index (κ1) is 24.3. The number of morpholine rings is 1. The van der Waals surface area contributed by atoms with E-state index in [1.165, 1.54) is 0 Å². The van der Waals surface area contributed by atoms with Gasteiger partial charge in [-0.05, 0) is 25.5 Å². The van der Waals surface area contributed by atoms with Crippen molar-refractivity contribution in [2.45, 2.75) is 31.6 Å². The maximum atomic E-state index is 10.6. The first-order valence-corrected chi connectivity index (χ1v) is 12.9. The van der Waals surface area contributed by atoms with E-state index >= 15 is 0 Å². The third-order valence-corrected chi connectivity index (χ3v) is 7.82. The number of para-hydroxylation sites is 1. The largest absolute Gasteiger partial charge is 0.396 e. The summed E-state index contributed by atoms with van der Waals surface area (Å²) in [4.78, 5) is 16.6. The van der Waals surface area contributed by atoms with Gasteiger partial charge in [0.2, 0.25) is 5.95 Å². The van der Waals surface area contributed by atoms with E-state index in [0.717, 1.165) is 59.3 Å². The van der Waals surface area contributed by atoms with Crippen LogP contribution in [-0.2, 0) is 4.74 Å². The normalized spacial score (nSPS) is 25.3. The van der Waals surface area contributed by atoms with Gasteiger partial charge in [0.15, 0.2) is 0 Å². The highest BCUT2D eigenvalue weighted by Gasteiger charge is 2.41. The first-order valence-electron chi connectivity index (χ1n) is 12.1. The minimum absolute atomic E-state index is 0.182. The smallest absolute Gasteiger partial charge is 0.224 e. The van der Waals surface area contributed by atoms with Gasteiger partial charge < -0.3 is 30.7 Å². The Morgan fingerprint density at radius 1 is 1.11 bits per heavy atom. The molecule has 1 saturated heterocycles. The second-order valence-corrected chi connectivity index (χ2v) is 10.2. The lowest BCUT2D eigenvalue weighted by Gasteiger charge is -2.26. The highest BCUT2D eigenvalue weighted by Crippen LogP contribution is 2.38. The van der Waals surface area contributed by atoms with Crippen LogP contribution in [0, 0.1) is 12.8 Å². The van der Waals surface area contributed by atoms with Gasteiger partial charge in [0.1, 0.15) is 16.9 Å². The SMILES string of the molecule is Cc1nc(NCCN2CCOCC2)nc(NC2CC(CO)C(O)C2O)c1-c1nc2ccccc2s1. The number of fused-ring (bicyclic) bond motifs is 1. The lowest BCUT2D eigenvalue weighted by molar-refractivity contribution is 0.00446. The molecule has 2 fully saturated rings. The minimum Gasteiger partial charge on any atom is -0.396 e. The summed E-state index contributed by atoms with van der Waals surface area (Å²) in [6.45, 7) is 6.64. The lowest BCUT2D eigenvalue weighted by Crippen LogP contribution is -2.39. The maximum Gasteiger partial charge on any atom is 0.224 e. The molecule has 0 bridgehead atoms. The van der Waals surface area contributed by atoms with Crippen LogP contribution in [0.15, 0.2) is 24.3 Å². The molecule has 5 rings (SSSR count). The van der Waals surface area contributed by atoms with E-state index in [0.29, 0.717) is 24.7 Å². The van der Waals surface area contributed by atoms with Crippen molar-refractivity contribution in [3.63, 3.8) is 0 Å². The Balaban J connectivity index is 1.43. The molecule has 188 valence electrons. The van der Waals surface area contributed by atoms with Gasteiger partial charge in [-0.25, -0.2) is 9.97 Å². The van der Waals surface area contributed by atoms with E-state index < -0.39 is 18.2 Å². The van der Waals surface area contributed by atoms with Gasteiger partial charge in [0.25, 0.3) is 0 Å². The third-order valence-electron chi connectivity index (χ3n) is 6.77. The average molecular weight is 501 g/mol. The number of benzene rings is 1. The molecule has 1 aliphatic carbocycles. The number of hydrogen-bond donors (Lipinski definition) is 5. The molecule has 4 atom stereocenters. The second kappa shape index (κ2) is 10.7. The summed E-state index contributed by atoms with van der Waals surface area (Å²) in [6, 6.07) is 7.50. The summed E-state index contributed by atoms with van der Waals surface area (Å²) in [6.07, 6.45) is -1.57. The number of rotatable bonds is 8. The van der Waals surface area contributed by atoms with Crippen molar-refractivity contribution < 1.29 is 20.1 Å². The molecule has 1 aliphatic heterocycles. The van der Waals surface area contributed by atoms with Gasteiger partial charge in [0.05, 0.1) is 46.8 Å². The van der Waals surface area contributed by atoms with Crippen LogP contribution < -0.4 is 10.6 Å². The lowest BCUT2D eigenvalue weighted by atomic mass is 10.1.